The molecule has 2 N–H and O–H groups in total. The number of nitrogens with zero attached hydrogens (tertiary/aromatic N) is 1. The summed E-state index contributed by atoms with van der Waals surface area (Å²) in [6, 6.07) is 7.95. The first-order chi connectivity index (χ1) is 9.49. The molecule has 0 atom stereocenters. The molecule has 0 spiro atoms. The van der Waals surface area contributed by atoms with Gasteiger partial charge >= 0.3 is 6.18 Å². The van der Waals surface area contributed by atoms with Crippen molar-refractivity contribution in [1.29, 1.82) is 0 Å². The molecule has 1 aromatic carbocycles. The van der Waals surface area contributed by atoms with Gasteiger partial charge < -0.3 is 15.0 Å². The Bertz CT molecular complexity index is 563. The summed E-state index contributed by atoms with van der Waals surface area (Å²) in [4.78, 5) is 0. The first-order valence-corrected chi connectivity index (χ1v) is 6.42. The number of halogens is 3. The quantitative estimate of drug-likeness (QED) is 0.829. The molecule has 0 aliphatic heterocycles. The summed E-state index contributed by atoms with van der Waals surface area (Å²) in [6.07, 6.45) is -1.79. The standard InChI is InChI=1S/C14H17F3N2O/c15-14(16,17)10-20-7-1-5-19-6-4-12-3-2-11(9-18)8-13(12)19/h2-4,6,8H,1,5,7,9-10,18H2. The van der Waals surface area contributed by atoms with E-state index in [9.17, 15) is 13.2 Å². The molecule has 0 fully saturated rings. The zero-order valence-corrected chi connectivity index (χ0v) is 11.0. The van der Waals surface area contributed by atoms with E-state index in [-0.39, 0.29) is 6.61 Å². The van der Waals surface area contributed by atoms with Gasteiger partial charge in [-0.05, 0) is 29.5 Å². The summed E-state index contributed by atoms with van der Waals surface area (Å²) >= 11 is 0. The number of hydrogen-bond acceptors (Lipinski definition) is 2. The summed E-state index contributed by atoms with van der Waals surface area (Å²) in [7, 11) is 0. The minimum Gasteiger partial charge on any atom is -0.372 e. The van der Waals surface area contributed by atoms with Crippen LogP contribution >= 0.6 is 0 Å². The zero-order valence-electron chi connectivity index (χ0n) is 11.0. The van der Waals surface area contributed by atoms with Crippen LogP contribution in [0.15, 0.2) is 30.5 Å². The van der Waals surface area contributed by atoms with Gasteiger partial charge in [0.25, 0.3) is 0 Å². The third kappa shape index (κ3) is 3.98. The Hall–Kier alpha value is -1.53. The van der Waals surface area contributed by atoms with E-state index in [4.69, 9.17) is 5.73 Å². The summed E-state index contributed by atoms with van der Waals surface area (Å²) < 4.78 is 42.3. The molecule has 2 aromatic rings. The normalized spacial score (nSPS) is 12.2. The molecular weight excluding hydrogens is 269 g/mol. The van der Waals surface area contributed by atoms with E-state index >= 15 is 0 Å². The van der Waals surface area contributed by atoms with E-state index < -0.39 is 12.8 Å². The van der Waals surface area contributed by atoms with Crippen LogP contribution in [0.5, 0.6) is 0 Å². The van der Waals surface area contributed by atoms with Gasteiger partial charge in [0.05, 0.1) is 0 Å². The fourth-order valence-electron chi connectivity index (χ4n) is 2.08. The summed E-state index contributed by atoms with van der Waals surface area (Å²) in [5.41, 5.74) is 7.68. The average Bonchev–Trinajstić information content (AvgIpc) is 2.79. The highest BCUT2D eigenvalue weighted by molar-refractivity contribution is 5.80. The second-order valence-electron chi connectivity index (χ2n) is 4.63. The molecule has 0 aliphatic rings. The molecule has 110 valence electrons. The lowest BCUT2D eigenvalue weighted by Crippen LogP contribution is -2.17. The van der Waals surface area contributed by atoms with Gasteiger partial charge in [-0.2, -0.15) is 13.2 Å². The largest absolute Gasteiger partial charge is 0.411 e. The smallest absolute Gasteiger partial charge is 0.372 e. The van der Waals surface area contributed by atoms with Gasteiger partial charge in [-0.15, -0.1) is 0 Å². The van der Waals surface area contributed by atoms with Crippen molar-refractivity contribution in [3.05, 3.63) is 36.0 Å². The van der Waals surface area contributed by atoms with Gasteiger partial charge in [-0.25, -0.2) is 0 Å². The van der Waals surface area contributed by atoms with Crippen LogP contribution in [0, 0.1) is 0 Å². The molecule has 1 heterocycles. The molecule has 3 nitrogen and oxygen atoms in total. The maximum atomic E-state index is 11.9. The SMILES string of the molecule is NCc1ccc2ccn(CCCOCC(F)(F)F)c2c1. The first-order valence-electron chi connectivity index (χ1n) is 6.42. The lowest BCUT2D eigenvalue weighted by molar-refractivity contribution is -0.174. The second-order valence-corrected chi connectivity index (χ2v) is 4.63. The zero-order chi connectivity index (χ0) is 14.6. The molecule has 1 aromatic heterocycles. The third-order valence-electron chi connectivity index (χ3n) is 3.03. The predicted molar refractivity (Wildman–Crippen MR) is 71.3 cm³/mol. The molecule has 0 bridgehead atoms. The van der Waals surface area contributed by atoms with E-state index in [2.05, 4.69) is 4.74 Å². The number of ether oxygens (including phenoxy) is 1. The first kappa shape index (κ1) is 14.9. The molecule has 6 heteroatoms. The van der Waals surface area contributed by atoms with Crippen LogP contribution in [0.1, 0.15) is 12.0 Å². The Morgan fingerprint density at radius 3 is 2.70 bits per heavy atom. The van der Waals surface area contributed by atoms with Crippen LogP contribution in [0.25, 0.3) is 10.9 Å². The molecular formula is C14H17F3N2O. The van der Waals surface area contributed by atoms with Crippen LogP contribution in [0.3, 0.4) is 0 Å². The van der Waals surface area contributed by atoms with Crippen LogP contribution in [0.4, 0.5) is 13.2 Å². The van der Waals surface area contributed by atoms with Gasteiger partial charge in [-0.1, -0.05) is 12.1 Å². The van der Waals surface area contributed by atoms with Crippen LogP contribution in [0.2, 0.25) is 0 Å². The monoisotopic (exact) mass is 286 g/mol. The Balaban J connectivity index is 1.90. The number of fused-ring (bicyclic) bond motifs is 1. The van der Waals surface area contributed by atoms with Crippen molar-refractivity contribution >= 4 is 10.9 Å². The summed E-state index contributed by atoms with van der Waals surface area (Å²) in [6.45, 7) is -0.00228. The molecule has 0 saturated carbocycles. The Morgan fingerprint density at radius 1 is 1.20 bits per heavy atom. The molecule has 20 heavy (non-hydrogen) atoms. The number of nitrogens with two attached hydrogens (primary N) is 1. The minimum absolute atomic E-state index is 0.0930. The van der Waals surface area contributed by atoms with Gasteiger partial charge in [0.15, 0.2) is 0 Å². The maximum Gasteiger partial charge on any atom is 0.411 e. The van der Waals surface area contributed by atoms with E-state index in [0.717, 1.165) is 16.5 Å². The van der Waals surface area contributed by atoms with Gasteiger partial charge in [0.2, 0.25) is 0 Å². The van der Waals surface area contributed by atoms with Gasteiger partial charge in [0, 0.05) is 31.4 Å². The maximum absolute atomic E-state index is 11.9. The number of alkyl halides is 3. The highest BCUT2D eigenvalue weighted by Gasteiger charge is 2.27. The van der Waals surface area contributed by atoms with Crippen molar-refractivity contribution in [2.45, 2.75) is 25.7 Å². The summed E-state index contributed by atoms with van der Waals surface area (Å²) in [5.74, 6) is 0. The van der Waals surface area contributed by atoms with Crippen molar-refractivity contribution in [3.63, 3.8) is 0 Å². The van der Waals surface area contributed by atoms with Crippen molar-refractivity contribution < 1.29 is 17.9 Å². The van der Waals surface area contributed by atoms with Crippen molar-refractivity contribution in [1.82, 2.24) is 4.57 Å². The van der Waals surface area contributed by atoms with Crippen molar-refractivity contribution in [3.8, 4) is 0 Å². The van der Waals surface area contributed by atoms with E-state index in [1.807, 2.05) is 35.0 Å². The third-order valence-corrected chi connectivity index (χ3v) is 3.03. The number of hydrogen-bond donors (Lipinski definition) is 1. The lowest BCUT2D eigenvalue weighted by Gasteiger charge is -2.09. The Labute approximate surface area is 115 Å². The van der Waals surface area contributed by atoms with Crippen molar-refractivity contribution in [2.24, 2.45) is 5.73 Å². The number of aromatic nitrogens is 1. The average molecular weight is 286 g/mol. The molecule has 2 rings (SSSR count). The fraction of sp³-hybridized carbons (Fsp3) is 0.429. The predicted octanol–water partition coefficient (Wildman–Crippen LogP) is 3.07. The fourth-order valence-corrected chi connectivity index (χ4v) is 2.08. The Kier molecular flexibility index (Phi) is 4.67. The van der Waals surface area contributed by atoms with Crippen LogP contribution in [-0.2, 0) is 17.8 Å². The van der Waals surface area contributed by atoms with E-state index in [1.165, 1.54) is 0 Å². The Morgan fingerprint density at radius 2 is 2.00 bits per heavy atom. The molecule has 0 aliphatic carbocycles. The molecule has 0 unspecified atom stereocenters. The molecule has 0 saturated heterocycles. The highest BCUT2D eigenvalue weighted by atomic mass is 19.4. The van der Waals surface area contributed by atoms with Crippen LogP contribution in [-0.4, -0.2) is 24.0 Å². The number of aryl methyl sites for hydroxylation is 1. The molecule has 0 radical (unpaired) electrons. The lowest BCUT2D eigenvalue weighted by atomic mass is 10.1. The van der Waals surface area contributed by atoms with Gasteiger partial charge in [0.1, 0.15) is 6.61 Å². The molecule has 0 amide bonds. The number of rotatable bonds is 6. The summed E-state index contributed by atoms with van der Waals surface area (Å²) in [5, 5.41) is 1.10. The van der Waals surface area contributed by atoms with Crippen molar-refractivity contribution in [2.75, 3.05) is 13.2 Å². The van der Waals surface area contributed by atoms with E-state index in [1.54, 1.807) is 0 Å². The van der Waals surface area contributed by atoms with Crippen LogP contribution < -0.4 is 5.73 Å². The minimum atomic E-state index is -4.25. The number of benzene rings is 1. The van der Waals surface area contributed by atoms with E-state index in [0.29, 0.717) is 19.5 Å². The second kappa shape index (κ2) is 6.28. The van der Waals surface area contributed by atoms with Gasteiger partial charge in [-0.3, -0.25) is 0 Å². The topological polar surface area (TPSA) is 40.2 Å². The highest BCUT2D eigenvalue weighted by Crippen LogP contribution is 2.18.